The van der Waals surface area contributed by atoms with E-state index in [-0.39, 0.29) is 0 Å². The molecule has 3 nitrogen and oxygen atoms in total. The monoisotopic (exact) mass is 293 g/mol. The Kier molecular flexibility index (Phi) is 8.40. The van der Waals surface area contributed by atoms with E-state index in [0.29, 0.717) is 17.9 Å². The Bertz CT molecular complexity index is 375. The minimum absolute atomic E-state index is 0.526. The fraction of sp³-hybridized carbons (Fsp3) is 0.667. The third kappa shape index (κ3) is 6.96. The molecule has 1 aromatic rings. The number of benzene rings is 1. The zero-order valence-corrected chi connectivity index (χ0v) is 14.2. The van der Waals surface area contributed by atoms with Crippen molar-refractivity contribution in [3.05, 3.63) is 29.8 Å². The Labute approximate surface area is 130 Å². The lowest BCUT2D eigenvalue weighted by Crippen LogP contribution is -2.33. The van der Waals surface area contributed by atoms with E-state index in [1.54, 1.807) is 14.2 Å². The third-order valence-corrected chi connectivity index (χ3v) is 4.03. The van der Waals surface area contributed by atoms with Gasteiger partial charge in [0, 0.05) is 19.8 Å². The molecule has 0 aliphatic heterocycles. The molecule has 3 heteroatoms. The Morgan fingerprint density at radius 3 is 2.24 bits per heavy atom. The van der Waals surface area contributed by atoms with Gasteiger partial charge in [0.25, 0.3) is 0 Å². The quantitative estimate of drug-likeness (QED) is 0.716. The van der Waals surface area contributed by atoms with Gasteiger partial charge in [-0.25, -0.2) is 0 Å². The Hall–Kier alpha value is -1.06. The molecule has 2 atom stereocenters. The largest absolute Gasteiger partial charge is 0.497 e. The molecule has 0 bridgehead atoms. The summed E-state index contributed by atoms with van der Waals surface area (Å²) >= 11 is 0. The van der Waals surface area contributed by atoms with Gasteiger partial charge in [-0.15, -0.1) is 0 Å². The van der Waals surface area contributed by atoms with E-state index in [2.05, 4.69) is 38.2 Å². The first-order valence-corrected chi connectivity index (χ1v) is 7.92. The summed E-state index contributed by atoms with van der Waals surface area (Å²) in [6, 6.07) is 8.96. The smallest absolute Gasteiger partial charge is 0.118 e. The van der Waals surface area contributed by atoms with Crippen LogP contribution in [0, 0.1) is 11.8 Å². The highest BCUT2D eigenvalue weighted by atomic mass is 16.5. The van der Waals surface area contributed by atoms with Gasteiger partial charge in [0.1, 0.15) is 5.75 Å². The predicted molar refractivity (Wildman–Crippen MR) is 89.0 cm³/mol. The molecule has 0 amide bonds. The summed E-state index contributed by atoms with van der Waals surface area (Å²) in [7, 11) is 3.48. The molecule has 0 fully saturated rings. The molecule has 1 aromatic carbocycles. The highest BCUT2D eigenvalue weighted by molar-refractivity contribution is 5.27. The van der Waals surface area contributed by atoms with Crippen LogP contribution in [-0.2, 0) is 11.2 Å². The van der Waals surface area contributed by atoms with Crippen molar-refractivity contribution < 1.29 is 9.47 Å². The minimum atomic E-state index is 0.526. The molecule has 0 aromatic heterocycles. The van der Waals surface area contributed by atoms with Gasteiger partial charge in [-0.2, -0.15) is 0 Å². The van der Waals surface area contributed by atoms with E-state index >= 15 is 0 Å². The van der Waals surface area contributed by atoms with Crippen LogP contribution in [0.4, 0.5) is 0 Å². The van der Waals surface area contributed by atoms with Gasteiger partial charge < -0.3 is 14.8 Å². The molecule has 1 rings (SSSR count). The zero-order chi connectivity index (χ0) is 15.7. The molecular formula is C18H31NO2. The normalized spacial score (nSPS) is 14.2. The standard InChI is InChI=1S/C18H31NO2/c1-14(2)19-13-17(15(3)10-11-20-4)12-16-6-8-18(21-5)9-7-16/h6-9,14-15,17,19H,10-13H2,1-5H3. The van der Waals surface area contributed by atoms with Crippen LogP contribution in [0.3, 0.4) is 0 Å². The average Bonchev–Trinajstić information content (AvgIpc) is 2.49. The lowest BCUT2D eigenvalue weighted by molar-refractivity contribution is 0.163. The van der Waals surface area contributed by atoms with Crippen molar-refractivity contribution in [2.24, 2.45) is 11.8 Å². The summed E-state index contributed by atoms with van der Waals surface area (Å²) in [4.78, 5) is 0. The molecule has 0 spiro atoms. The second-order valence-corrected chi connectivity index (χ2v) is 6.13. The first-order chi connectivity index (χ1) is 10.1. The molecule has 120 valence electrons. The molecule has 21 heavy (non-hydrogen) atoms. The van der Waals surface area contributed by atoms with Crippen LogP contribution in [0.15, 0.2) is 24.3 Å². The SMILES string of the molecule is COCCC(C)C(CNC(C)C)Cc1ccc(OC)cc1. The highest BCUT2D eigenvalue weighted by Gasteiger charge is 2.18. The maximum Gasteiger partial charge on any atom is 0.118 e. The second kappa shape index (κ2) is 9.80. The Balaban J connectivity index is 2.64. The fourth-order valence-corrected chi connectivity index (χ4v) is 2.47. The molecule has 0 heterocycles. The molecule has 0 saturated carbocycles. The van der Waals surface area contributed by atoms with Crippen molar-refractivity contribution in [3.8, 4) is 5.75 Å². The van der Waals surface area contributed by atoms with Gasteiger partial charge in [0.2, 0.25) is 0 Å². The van der Waals surface area contributed by atoms with Gasteiger partial charge in [0.15, 0.2) is 0 Å². The van der Waals surface area contributed by atoms with Crippen molar-refractivity contribution in [2.45, 2.75) is 39.7 Å². The number of hydrogen-bond donors (Lipinski definition) is 1. The summed E-state index contributed by atoms with van der Waals surface area (Å²) in [5, 5.41) is 3.58. The second-order valence-electron chi connectivity index (χ2n) is 6.13. The van der Waals surface area contributed by atoms with Crippen LogP contribution in [0.25, 0.3) is 0 Å². The van der Waals surface area contributed by atoms with Crippen LogP contribution >= 0.6 is 0 Å². The van der Waals surface area contributed by atoms with Crippen molar-refractivity contribution in [1.29, 1.82) is 0 Å². The van der Waals surface area contributed by atoms with Gasteiger partial charge in [-0.3, -0.25) is 0 Å². The van der Waals surface area contributed by atoms with E-state index in [0.717, 1.165) is 31.7 Å². The molecule has 0 aliphatic carbocycles. The molecule has 0 radical (unpaired) electrons. The fourth-order valence-electron chi connectivity index (χ4n) is 2.47. The number of rotatable bonds is 10. The van der Waals surface area contributed by atoms with E-state index in [9.17, 15) is 0 Å². The molecular weight excluding hydrogens is 262 g/mol. The van der Waals surface area contributed by atoms with Crippen molar-refractivity contribution in [2.75, 3.05) is 27.4 Å². The van der Waals surface area contributed by atoms with Crippen molar-refractivity contribution in [1.82, 2.24) is 5.32 Å². The highest BCUT2D eigenvalue weighted by Crippen LogP contribution is 2.22. The van der Waals surface area contributed by atoms with Crippen LogP contribution < -0.4 is 10.1 Å². The van der Waals surface area contributed by atoms with E-state index in [4.69, 9.17) is 9.47 Å². The molecule has 0 aliphatic rings. The van der Waals surface area contributed by atoms with Crippen molar-refractivity contribution >= 4 is 0 Å². The third-order valence-electron chi connectivity index (χ3n) is 4.03. The van der Waals surface area contributed by atoms with Gasteiger partial charge in [-0.1, -0.05) is 32.9 Å². The summed E-state index contributed by atoms with van der Waals surface area (Å²) in [6.07, 6.45) is 2.20. The van der Waals surface area contributed by atoms with Crippen LogP contribution in [0.5, 0.6) is 5.75 Å². The lowest BCUT2D eigenvalue weighted by Gasteiger charge is -2.25. The van der Waals surface area contributed by atoms with E-state index < -0.39 is 0 Å². The van der Waals surface area contributed by atoms with Gasteiger partial charge in [-0.05, 0) is 48.9 Å². The summed E-state index contributed by atoms with van der Waals surface area (Å²) in [5.41, 5.74) is 1.37. The van der Waals surface area contributed by atoms with Crippen molar-refractivity contribution in [3.63, 3.8) is 0 Å². The average molecular weight is 293 g/mol. The minimum Gasteiger partial charge on any atom is -0.497 e. The van der Waals surface area contributed by atoms with Gasteiger partial charge in [0.05, 0.1) is 7.11 Å². The van der Waals surface area contributed by atoms with E-state index in [1.807, 2.05) is 12.1 Å². The topological polar surface area (TPSA) is 30.5 Å². The number of hydrogen-bond acceptors (Lipinski definition) is 3. The number of methoxy groups -OCH3 is 2. The van der Waals surface area contributed by atoms with E-state index in [1.165, 1.54) is 5.56 Å². The molecule has 2 unspecified atom stereocenters. The van der Waals surface area contributed by atoms with Gasteiger partial charge >= 0.3 is 0 Å². The van der Waals surface area contributed by atoms with Crippen LogP contribution in [0.2, 0.25) is 0 Å². The lowest BCUT2D eigenvalue weighted by atomic mass is 9.86. The summed E-state index contributed by atoms with van der Waals surface area (Å²) in [6.45, 7) is 8.61. The zero-order valence-electron chi connectivity index (χ0n) is 14.2. The Morgan fingerprint density at radius 1 is 1.05 bits per heavy atom. The number of nitrogens with one attached hydrogen (secondary N) is 1. The Morgan fingerprint density at radius 2 is 1.71 bits per heavy atom. The number of ether oxygens (including phenoxy) is 2. The van der Waals surface area contributed by atoms with Crippen LogP contribution in [-0.4, -0.2) is 33.4 Å². The molecule has 1 N–H and O–H groups in total. The predicted octanol–water partition coefficient (Wildman–Crippen LogP) is 3.52. The first kappa shape index (κ1) is 18.0. The summed E-state index contributed by atoms with van der Waals surface area (Å²) < 4.78 is 10.5. The maximum atomic E-state index is 5.23. The first-order valence-electron chi connectivity index (χ1n) is 7.92. The maximum absolute atomic E-state index is 5.23. The summed E-state index contributed by atoms with van der Waals surface area (Å²) in [5.74, 6) is 2.18. The van der Waals surface area contributed by atoms with Crippen LogP contribution in [0.1, 0.15) is 32.8 Å². The molecule has 0 saturated heterocycles.